The van der Waals surface area contributed by atoms with Gasteiger partial charge in [-0.15, -0.1) is 0 Å². The van der Waals surface area contributed by atoms with E-state index in [1.165, 1.54) is 18.6 Å². The second-order valence-electron chi connectivity index (χ2n) is 3.65. The number of hydrogen-bond donors (Lipinski definition) is 3. The van der Waals surface area contributed by atoms with Crippen LogP contribution in [0.1, 0.15) is 19.3 Å². The van der Waals surface area contributed by atoms with Gasteiger partial charge >= 0.3 is 0 Å². The molecular weight excluding hydrogens is 220 g/mol. The molecule has 4 nitrogen and oxygen atoms in total. The fourth-order valence-corrected chi connectivity index (χ4v) is 1.84. The van der Waals surface area contributed by atoms with Crippen molar-refractivity contribution in [3.8, 4) is 0 Å². The molecule has 0 aliphatic carbocycles. The molecule has 1 heterocycles. The summed E-state index contributed by atoms with van der Waals surface area (Å²) >= 11 is 1.90. The normalized spacial score (nSPS) is 10.3. The number of unbranched alkanes of at least 4 members (excludes halogenated alkanes) is 2. The summed E-state index contributed by atoms with van der Waals surface area (Å²) in [5.41, 5.74) is 11.7. The first kappa shape index (κ1) is 13.0. The maximum Gasteiger partial charge on any atom is 0.149 e. The Hall–Kier alpha value is -1.10. The van der Waals surface area contributed by atoms with Crippen LogP contribution in [0.2, 0.25) is 0 Å². The van der Waals surface area contributed by atoms with Gasteiger partial charge in [0, 0.05) is 6.54 Å². The van der Waals surface area contributed by atoms with Crippen molar-refractivity contribution in [3.63, 3.8) is 0 Å². The number of thioether (sulfide) groups is 1. The van der Waals surface area contributed by atoms with Crippen LogP contribution in [-0.4, -0.2) is 23.5 Å². The van der Waals surface area contributed by atoms with Crippen LogP contribution in [0, 0.1) is 0 Å². The largest absolute Gasteiger partial charge is 0.396 e. The van der Waals surface area contributed by atoms with Crippen LogP contribution in [0.5, 0.6) is 0 Å². The van der Waals surface area contributed by atoms with Crippen molar-refractivity contribution in [2.45, 2.75) is 19.3 Å². The van der Waals surface area contributed by atoms with Gasteiger partial charge in [0.05, 0.1) is 5.69 Å². The predicted molar refractivity (Wildman–Crippen MR) is 73.8 cm³/mol. The Kier molecular flexibility index (Phi) is 5.85. The first-order valence-electron chi connectivity index (χ1n) is 5.49. The van der Waals surface area contributed by atoms with Gasteiger partial charge in [0.25, 0.3) is 0 Å². The van der Waals surface area contributed by atoms with Crippen molar-refractivity contribution in [1.82, 2.24) is 4.98 Å². The summed E-state index contributed by atoms with van der Waals surface area (Å²) in [5, 5.41) is 3.24. The highest BCUT2D eigenvalue weighted by Gasteiger charge is 1.98. The van der Waals surface area contributed by atoms with Crippen LogP contribution in [-0.2, 0) is 0 Å². The highest BCUT2D eigenvalue weighted by molar-refractivity contribution is 7.98. The van der Waals surface area contributed by atoms with Crippen LogP contribution >= 0.6 is 11.8 Å². The summed E-state index contributed by atoms with van der Waals surface area (Å²) in [6.45, 7) is 0.935. The number of nitrogens with zero attached hydrogens (tertiary/aromatic N) is 1. The van der Waals surface area contributed by atoms with Gasteiger partial charge in [-0.25, -0.2) is 4.98 Å². The molecule has 90 valence electrons. The van der Waals surface area contributed by atoms with Crippen LogP contribution in [0.25, 0.3) is 0 Å². The molecule has 0 aromatic carbocycles. The lowest BCUT2D eigenvalue weighted by Gasteiger charge is -2.07. The molecule has 5 N–H and O–H groups in total. The van der Waals surface area contributed by atoms with Crippen LogP contribution in [0.3, 0.4) is 0 Å². The molecule has 0 amide bonds. The summed E-state index contributed by atoms with van der Waals surface area (Å²) in [4.78, 5) is 4.14. The van der Waals surface area contributed by atoms with Gasteiger partial charge in [-0.05, 0) is 37.0 Å². The zero-order chi connectivity index (χ0) is 11.8. The van der Waals surface area contributed by atoms with Crippen molar-refractivity contribution in [2.75, 3.05) is 35.3 Å². The molecule has 0 aliphatic heterocycles. The number of pyridine rings is 1. The number of hydrogen-bond acceptors (Lipinski definition) is 5. The Morgan fingerprint density at radius 2 is 2.06 bits per heavy atom. The number of nitrogens with one attached hydrogen (secondary N) is 1. The molecule has 1 rings (SSSR count). The van der Waals surface area contributed by atoms with E-state index in [0.29, 0.717) is 11.5 Å². The molecule has 0 bridgehead atoms. The molecule has 0 radical (unpaired) electrons. The summed E-state index contributed by atoms with van der Waals surface area (Å²) < 4.78 is 0. The molecular formula is C11H20N4S. The number of rotatable bonds is 7. The van der Waals surface area contributed by atoms with E-state index in [1.54, 1.807) is 6.07 Å². The van der Waals surface area contributed by atoms with E-state index in [2.05, 4.69) is 16.6 Å². The van der Waals surface area contributed by atoms with Gasteiger partial charge < -0.3 is 16.8 Å². The van der Waals surface area contributed by atoms with Crippen LogP contribution in [0.4, 0.5) is 17.3 Å². The lowest BCUT2D eigenvalue weighted by molar-refractivity contribution is 0.748. The van der Waals surface area contributed by atoms with Gasteiger partial charge in [0.2, 0.25) is 0 Å². The molecule has 16 heavy (non-hydrogen) atoms. The third kappa shape index (κ3) is 4.61. The quantitative estimate of drug-likeness (QED) is 0.637. The molecule has 1 aromatic rings. The Balaban J connectivity index is 2.19. The average molecular weight is 240 g/mol. The third-order valence-electron chi connectivity index (χ3n) is 2.29. The third-order valence-corrected chi connectivity index (χ3v) is 2.99. The summed E-state index contributed by atoms with van der Waals surface area (Å²) in [6, 6.07) is 3.63. The number of nitrogen functional groups attached to an aromatic ring is 2. The molecule has 0 aliphatic rings. The van der Waals surface area contributed by atoms with Crippen molar-refractivity contribution in [3.05, 3.63) is 12.1 Å². The second-order valence-corrected chi connectivity index (χ2v) is 4.64. The first-order chi connectivity index (χ1) is 7.74. The predicted octanol–water partition coefficient (Wildman–Crippen LogP) is 2.19. The number of aromatic nitrogens is 1. The maximum absolute atomic E-state index is 5.61. The minimum Gasteiger partial charge on any atom is -0.396 e. The molecule has 0 atom stereocenters. The highest BCUT2D eigenvalue weighted by atomic mass is 32.2. The Bertz CT molecular complexity index is 317. The summed E-state index contributed by atoms with van der Waals surface area (Å²) in [7, 11) is 0. The summed E-state index contributed by atoms with van der Waals surface area (Å²) in [6.07, 6.45) is 5.82. The zero-order valence-corrected chi connectivity index (χ0v) is 10.5. The van der Waals surface area contributed by atoms with Crippen molar-refractivity contribution in [1.29, 1.82) is 0 Å². The minimum atomic E-state index is 0.396. The van der Waals surface area contributed by atoms with Gasteiger partial charge in [0.1, 0.15) is 11.6 Å². The molecule has 0 saturated carbocycles. The van der Waals surface area contributed by atoms with Crippen molar-refractivity contribution < 1.29 is 0 Å². The lowest BCUT2D eigenvalue weighted by Crippen LogP contribution is -2.06. The zero-order valence-electron chi connectivity index (χ0n) is 9.70. The Morgan fingerprint density at radius 3 is 2.75 bits per heavy atom. The van der Waals surface area contributed by atoms with E-state index in [1.807, 2.05) is 17.8 Å². The first-order valence-corrected chi connectivity index (χ1v) is 6.88. The smallest absolute Gasteiger partial charge is 0.149 e. The van der Waals surface area contributed by atoms with E-state index in [-0.39, 0.29) is 0 Å². The van der Waals surface area contributed by atoms with E-state index in [9.17, 15) is 0 Å². The number of anilines is 3. The van der Waals surface area contributed by atoms with Crippen molar-refractivity contribution in [2.24, 2.45) is 0 Å². The van der Waals surface area contributed by atoms with E-state index in [0.717, 1.165) is 18.8 Å². The Morgan fingerprint density at radius 1 is 1.25 bits per heavy atom. The maximum atomic E-state index is 5.61. The molecule has 0 fully saturated rings. The fraction of sp³-hybridized carbons (Fsp3) is 0.545. The summed E-state index contributed by atoms with van der Waals surface area (Å²) in [5.74, 6) is 2.44. The molecule has 1 aromatic heterocycles. The molecule has 0 unspecified atom stereocenters. The van der Waals surface area contributed by atoms with Crippen molar-refractivity contribution >= 4 is 29.1 Å². The van der Waals surface area contributed by atoms with Gasteiger partial charge in [0.15, 0.2) is 0 Å². The number of nitrogens with two attached hydrogens (primary N) is 2. The van der Waals surface area contributed by atoms with Crippen LogP contribution in [0.15, 0.2) is 12.1 Å². The van der Waals surface area contributed by atoms with E-state index in [4.69, 9.17) is 11.5 Å². The van der Waals surface area contributed by atoms with Gasteiger partial charge in [-0.1, -0.05) is 6.42 Å². The fourth-order valence-electron chi connectivity index (χ4n) is 1.35. The monoisotopic (exact) mass is 240 g/mol. The van der Waals surface area contributed by atoms with Gasteiger partial charge in [-0.2, -0.15) is 11.8 Å². The average Bonchev–Trinajstić information content (AvgIpc) is 2.28. The van der Waals surface area contributed by atoms with E-state index >= 15 is 0 Å². The SMILES string of the molecule is CSCCCCCNc1ccc(N)c(N)n1. The molecule has 0 spiro atoms. The molecule has 5 heteroatoms. The lowest BCUT2D eigenvalue weighted by atomic mass is 10.2. The van der Waals surface area contributed by atoms with E-state index < -0.39 is 0 Å². The molecule has 0 saturated heterocycles. The highest BCUT2D eigenvalue weighted by Crippen LogP contribution is 2.14. The topological polar surface area (TPSA) is 77.0 Å². The second kappa shape index (κ2) is 7.22. The van der Waals surface area contributed by atoms with Gasteiger partial charge in [-0.3, -0.25) is 0 Å². The minimum absolute atomic E-state index is 0.396. The van der Waals surface area contributed by atoms with Crippen LogP contribution < -0.4 is 16.8 Å². The standard InChI is InChI=1S/C11H20N4S/c1-16-8-4-2-3-7-14-10-6-5-9(12)11(13)15-10/h5-6H,2-4,7-8,12H2,1H3,(H3,13,14,15). The Labute approximate surface area is 101 Å².